The molecule has 0 saturated carbocycles. The van der Waals surface area contributed by atoms with Gasteiger partial charge in [0.1, 0.15) is 5.52 Å². The van der Waals surface area contributed by atoms with Gasteiger partial charge in [0.25, 0.3) is 0 Å². The summed E-state index contributed by atoms with van der Waals surface area (Å²) in [7, 11) is 0. The normalized spacial score (nSPS) is 11.6. The van der Waals surface area contributed by atoms with E-state index in [1.54, 1.807) is 0 Å². The van der Waals surface area contributed by atoms with E-state index in [1.165, 1.54) is 16.2 Å². The number of hydrogen-bond acceptors (Lipinski definition) is 2. The molecule has 0 amide bonds. The molecule has 4 aromatic carbocycles. The van der Waals surface area contributed by atoms with Gasteiger partial charge in [0.2, 0.25) is 0 Å². The first-order chi connectivity index (χ1) is 12.3. The lowest BCUT2D eigenvalue weighted by molar-refractivity contribution is 0.671. The number of aromatic nitrogens is 3. The van der Waals surface area contributed by atoms with Crippen LogP contribution < -0.4 is 0 Å². The predicted molar refractivity (Wildman–Crippen MR) is 103 cm³/mol. The topological polar surface area (TPSA) is 30.7 Å². The molecule has 0 N–H and O–H groups in total. The number of nitrogens with zero attached hydrogens (tertiary/aromatic N) is 3. The van der Waals surface area contributed by atoms with E-state index in [0.29, 0.717) is 6.54 Å². The Bertz CT molecular complexity index is 1240. The minimum absolute atomic E-state index is 0.638. The molecule has 5 rings (SSSR count). The van der Waals surface area contributed by atoms with Gasteiger partial charge in [-0.25, -0.2) is 4.68 Å². The average Bonchev–Trinajstić information content (AvgIpc) is 3.06. The van der Waals surface area contributed by atoms with E-state index in [0.717, 1.165) is 27.0 Å². The Morgan fingerprint density at radius 1 is 0.760 bits per heavy atom. The minimum atomic E-state index is 0.638. The van der Waals surface area contributed by atoms with Gasteiger partial charge in [-0.2, -0.15) is 0 Å². The molecular formula is C21H14ClN3. The van der Waals surface area contributed by atoms with Crippen molar-refractivity contribution >= 4 is 44.2 Å². The molecule has 120 valence electrons. The Hall–Kier alpha value is -2.91. The first-order valence-electron chi connectivity index (χ1n) is 8.18. The summed E-state index contributed by atoms with van der Waals surface area (Å²) in [6.07, 6.45) is 0. The molecule has 3 nitrogen and oxygen atoms in total. The summed E-state index contributed by atoms with van der Waals surface area (Å²) < 4.78 is 1.97. The predicted octanol–water partition coefficient (Wildman–Crippen LogP) is 5.44. The average molecular weight is 344 g/mol. The summed E-state index contributed by atoms with van der Waals surface area (Å²) in [6, 6.07) is 24.7. The number of hydrogen-bond donors (Lipinski definition) is 0. The van der Waals surface area contributed by atoms with Gasteiger partial charge in [0, 0.05) is 15.8 Å². The molecule has 0 fully saturated rings. The van der Waals surface area contributed by atoms with Crippen LogP contribution in [0.5, 0.6) is 0 Å². The summed E-state index contributed by atoms with van der Waals surface area (Å²) in [6.45, 7) is 0.638. The molecule has 1 aromatic heterocycles. The van der Waals surface area contributed by atoms with Gasteiger partial charge in [-0.05, 0) is 28.5 Å². The van der Waals surface area contributed by atoms with E-state index in [9.17, 15) is 0 Å². The highest BCUT2D eigenvalue weighted by Crippen LogP contribution is 2.33. The summed E-state index contributed by atoms with van der Waals surface area (Å²) in [5, 5.41) is 14.4. The van der Waals surface area contributed by atoms with E-state index in [-0.39, 0.29) is 0 Å². The first kappa shape index (κ1) is 14.4. The van der Waals surface area contributed by atoms with Crippen molar-refractivity contribution in [3.05, 3.63) is 83.4 Å². The van der Waals surface area contributed by atoms with Crippen molar-refractivity contribution in [2.75, 3.05) is 0 Å². The Morgan fingerprint density at radius 2 is 1.44 bits per heavy atom. The molecule has 1 heterocycles. The zero-order chi connectivity index (χ0) is 16.8. The van der Waals surface area contributed by atoms with E-state index >= 15 is 0 Å². The molecule has 0 aliphatic carbocycles. The largest absolute Gasteiger partial charge is 0.240 e. The highest BCUT2D eigenvalue weighted by atomic mass is 35.5. The van der Waals surface area contributed by atoms with Crippen LogP contribution in [0.25, 0.3) is 32.6 Å². The summed E-state index contributed by atoms with van der Waals surface area (Å²) in [4.78, 5) is 0. The molecule has 0 bridgehead atoms. The molecule has 25 heavy (non-hydrogen) atoms. The second kappa shape index (κ2) is 5.57. The second-order valence-electron chi connectivity index (χ2n) is 6.17. The molecule has 4 heteroatoms. The lowest BCUT2D eigenvalue weighted by Gasteiger charge is -2.08. The zero-order valence-corrected chi connectivity index (χ0v) is 14.1. The number of benzene rings is 4. The zero-order valence-electron chi connectivity index (χ0n) is 13.4. The highest BCUT2D eigenvalue weighted by Gasteiger charge is 2.14. The van der Waals surface area contributed by atoms with Crippen LogP contribution in [0.15, 0.2) is 72.8 Å². The minimum Gasteiger partial charge on any atom is -0.240 e. The summed E-state index contributed by atoms with van der Waals surface area (Å²) >= 11 is 6.13. The monoisotopic (exact) mass is 343 g/mol. The van der Waals surface area contributed by atoms with Gasteiger partial charge in [0.05, 0.1) is 12.1 Å². The molecule has 0 radical (unpaired) electrons. The maximum Gasteiger partial charge on any atom is 0.121 e. The van der Waals surface area contributed by atoms with Crippen molar-refractivity contribution in [2.24, 2.45) is 0 Å². The third kappa shape index (κ3) is 2.28. The van der Waals surface area contributed by atoms with Crippen LogP contribution in [0.3, 0.4) is 0 Å². The van der Waals surface area contributed by atoms with E-state index in [1.807, 2.05) is 28.9 Å². The molecule has 0 unspecified atom stereocenters. The molecule has 0 saturated heterocycles. The third-order valence-corrected chi connectivity index (χ3v) is 4.85. The van der Waals surface area contributed by atoms with E-state index in [2.05, 4.69) is 58.8 Å². The maximum atomic E-state index is 6.13. The fraction of sp³-hybridized carbons (Fsp3) is 0.0476. The Kier molecular flexibility index (Phi) is 3.22. The van der Waals surface area contributed by atoms with Crippen molar-refractivity contribution in [3.8, 4) is 0 Å². The third-order valence-electron chi connectivity index (χ3n) is 4.61. The molecular weight excluding hydrogens is 330 g/mol. The van der Waals surface area contributed by atoms with Crippen LogP contribution >= 0.6 is 11.6 Å². The van der Waals surface area contributed by atoms with Crippen LogP contribution in [-0.2, 0) is 6.54 Å². The molecule has 0 spiro atoms. The lowest BCUT2D eigenvalue weighted by Crippen LogP contribution is -2.02. The van der Waals surface area contributed by atoms with Gasteiger partial charge in [-0.3, -0.25) is 0 Å². The highest BCUT2D eigenvalue weighted by molar-refractivity contribution is 6.30. The maximum absolute atomic E-state index is 6.13. The van der Waals surface area contributed by atoms with Crippen molar-refractivity contribution in [3.63, 3.8) is 0 Å². The van der Waals surface area contributed by atoms with Crippen molar-refractivity contribution in [2.45, 2.75) is 6.54 Å². The standard InChI is InChI=1S/C21H14ClN3/c22-15-7-5-6-14(12-15)13-25-21-19-11-4-2-9-17(19)16-8-1-3-10-18(16)20(21)23-24-25/h1-12H,13H2. The smallest absolute Gasteiger partial charge is 0.121 e. The first-order valence-corrected chi connectivity index (χ1v) is 8.56. The van der Waals surface area contributed by atoms with Gasteiger partial charge in [0.15, 0.2) is 0 Å². The molecule has 0 aliphatic rings. The van der Waals surface area contributed by atoms with Gasteiger partial charge in [-0.1, -0.05) is 77.5 Å². The fourth-order valence-corrected chi connectivity index (χ4v) is 3.74. The van der Waals surface area contributed by atoms with Crippen molar-refractivity contribution < 1.29 is 0 Å². The Labute approximate surface area is 149 Å². The van der Waals surface area contributed by atoms with Crippen LogP contribution in [0.4, 0.5) is 0 Å². The van der Waals surface area contributed by atoms with Gasteiger partial charge < -0.3 is 0 Å². The Morgan fingerprint density at radius 3 is 2.20 bits per heavy atom. The van der Waals surface area contributed by atoms with Crippen LogP contribution in [-0.4, -0.2) is 15.0 Å². The van der Waals surface area contributed by atoms with Crippen molar-refractivity contribution in [1.82, 2.24) is 15.0 Å². The van der Waals surface area contributed by atoms with Crippen LogP contribution in [0.1, 0.15) is 5.56 Å². The van der Waals surface area contributed by atoms with E-state index < -0.39 is 0 Å². The SMILES string of the molecule is Clc1cccc(Cn2nnc3c4ccccc4c4ccccc4c32)c1. The van der Waals surface area contributed by atoms with Gasteiger partial charge >= 0.3 is 0 Å². The summed E-state index contributed by atoms with van der Waals surface area (Å²) in [5.41, 5.74) is 3.11. The lowest BCUT2D eigenvalue weighted by atomic mass is 10.00. The molecule has 0 aliphatic heterocycles. The van der Waals surface area contributed by atoms with Crippen molar-refractivity contribution in [1.29, 1.82) is 0 Å². The Balaban J connectivity index is 1.85. The van der Waals surface area contributed by atoms with Crippen LogP contribution in [0.2, 0.25) is 5.02 Å². The number of rotatable bonds is 2. The summed E-state index contributed by atoms with van der Waals surface area (Å²) in [5.74, 6) is 0. The molecule has 5 aromatic rings. The second-order valence-corrected chi connectivity index (χ2v) is 6.60. The van der Waals surface area contributed by atoms with Crippen LogP contribution in [0, 0.1) is 0 Å². The molecule has 0 atom stereocenters. The quantitative estimate of drug-likeness (QED) is 0.399. The number of halogens is 1. The van der Waals surface area contributed by atoms with E-state index in [4.69, 9.17) is 11.6 Å². The fourth-order valence-electron chi connectivity index (χ4n) is 3.53. The number of fused-ring (bicyclic) bond motifs is 6. The van der Waals surface area contributed by atoms with Gasteiger partial charge in [-0.15, -0.1) is 5.10 Å².